The molecule has 41 nitrogen and oxygen atoms in total. The summed E-state index contributed by atoms with van der Waals surface area (Å²) in [6, 6.07) is 72.5. The summed E-state index contributed by atoms with van der Waals surface area (Å²) in [6.45, 7) is 20.1. The first kappa shape index (κ1) is 96.8. The molecule has 0 fully saturated rings. The number of aromatic nitrogens is 15. The molecule has 19 rings (SSSR count). The normalized spacial score (nSPS) is 12.2. The lowest BCUT2D eigenvalue weighted by Crippen LogP contribution is -2.20. The molecule has 0 saturated heterocycles. The van der Waals surface area contributed by atoms with Gasteiger partial charge in [-0.05, 0) is 145 Å². The number of rotatable bonds is 27. The summed E-state index contributed by atoms with van der Waals surface area (Å²) in [5.74, 6) is 6.12. The van der Waals surface area contributed by atoms with Crippen LogP contribution < -0.4 is 73.6 Å². The number of para-hydroxylation sites is 4. The van der Waals surface area contributed by atoms with Crippen molar-refractivity contribution in [1.29, 1.82) is 0 Å². The zero-order valence-corrected chi connectivity index (χ0v) is 78.5. The Morgan fingerprint density at radius 1 is 0.270 bits per heavy atom. The number of nitro benzene ring substituents is 2. The van der Waals surface area contributed by atoms with Crippen molar-refractivity contribution in [1.82, 2.24) is 85.4 Å². The number of hydrogen-bond donors (Lipinski definition) is 12. The second kappa shape index (κ2) is 43.7. The maximum absolute atomic E-state index is 11.9. The molecule has 0 spiro atoms. The van der Waals surface area contributed by atoms with Gasteiger partial charge in [-0.15, -0.1) is 0 Å². The minimum absolute atomic E-state index is 0.00794. The number of fused-ring (bicyclic) bond motifs is 4. The third-order valence-electron chi connectivity index (χ3n) is 21.4. The topological polar surface area (TPSA) is 533 Å². The summed E-state index contributed by atoms with van der Waals surface area (Å²) in [7, 11) is 3.95. The summed E-state index contributed by atoms with van der Waals surface area (Å²) in [4.78, 5) is 162. The average molecular weight is 1890 g/mol. The van der Waals surface area contributed by atoms with Crippen molar-refractivity contribution in [2.75, 3.05) is 77.1 Å². The van der Waals surface area contributed by atoms with Crippen LogP contribution in [0.4, 0.5) is 139 Å². The third-order valence-corrected chi connectivity index (χ3v) is 21.4. The van der Waals surface area contributed by atoms with Crippen LogP contribution in [0, 0.1) is 20.2 Å². The molecule has 5 aromatic heterocycles. The molecule has 0 atom stereocenters. The van der Waals surface area contributed by atoms with Crippen molar-refractivity contribution >= 4 is 175 Å². The number of carbonyl (C=O) groups excluding carboxylic acids is 6. The fraction of sp³-hybridized carbons (Fsp3) is 0.190. The number of anilines is 22. The van der Waals surface area contributed by atoms with Gasteiger partial charge in [0.25, 0.3) is 35.0 Å². The van der Waals surface area contributed by atoms with Gasteiger partial charge in [-0.3, -0.25) is 59.6 Å². The molecule has 12 N–H and O–H groups in total. The van der Waals surface area contributed by atoms with Crippen molar-refractivity contribution in [2.24, 2.45) is 0 Å². The Hall–Kier alpha value is -18.7. The van der Waals surface area contributed by atoms with Gasteiger partial charge in [0.2, 0.25) is 71.3 Å². The van der Waals surface area contributed by atoms with Gasteiger partial charge in [-0.1, -0.05) is 154 Å². The van der Waals surface area contributed by atoms with Gasteiger partial charge in [0.15, 0.2) is 0 Å². The van der Waals surface area contributed by atoms with Crippen LogP contribution in [-0.2, 0) is 22.4 Å². The monoisotopic (exact) mass is 1890 g/mol. The Labute approximate surface area is 808 Å². The largest absolute Gasteiger partial charge is 0.325 e. The van der Waals surface area contributed by atoms with Gasteiger partial charge in [-0.2, -0.15) is 74.8 Å². The van der Waals surface area contributed by atoms with E-state index < -0.39 is 33.5 Å². The highest BCUT2D eigenvalue weighted by Gasteiger charge is 2.30. The SMILES string of the molecule is CC(C)c1nc(N(C)c2ccccc2)nc(N(C)c2ccccc2)n1.CC(C)c1nc(Nc2ccc([N+](=O)[O-])cc2)nc(Nc2ccc([N+](=O)[O-])cc2)n1.CC(C)c1nc(Nc2ccc3c(c2)C(=O)NC3=O)nc(Nc2ccc3c(c2)C(=O)NC3=O)n1.CC(C)c1nc(Nc2ccc3c(c2)NC(=O)C3)nc(Nc2ccc3c(c2)NC(=O)C3)n1.CC(C)c1nc(Nc2ccccc2)nc(Nc2ccccc2)n1. The molecule has 0 aliphatic carbocycles. The first-order valence-electron chi connectivity index (χ1n) is 44.8. The predicted octanol–water partition coefficient (Wildman–Crippen LogP) is 19.0. The minimum Gasteiger partial charge on any atom is -0.325 e. The van der Waals surface area contributed by atoms with E-state index in [9.17, 15) is 49.0 Å². The first-order chi connectivity index (χ1) is 67.8. The van der Waals surface area contributed by atoms with Gasteiger partial charge in [0.05, 0.1) is 44.9 Å². The average Bonchev–Trinajstić information content (AvgIpc) is 1.70. The van der Waals surface area contributed by atoms with E-state index in [-0.39, 0.29) is 87.7 Å². The Morgan fingerprint density at radius 2 is 0.511 bits per heavy atom. The van der Waals surface area contributed by atoms with Gasteiger partial charge >= 0.3 is 0 Å². The summed E-state index contributed by atoms with van der Waals surface area (Å²) < 4.78 is 0. The molecule has 6 amide bonds. The Bertz CT molecular complexity index is 6790. The third kappa shape index (κ3) is 25.3. The number of nitrogens with one attached hydrogen (secondary N) is 12. The van der Waals surface area contributed by atoms with E-state index in [1.54, 1.807) is 60.7 Å². The molecular weight excluding hydrogens is 1800 g/mol. The maximum atomic E-state index is 11.9. The van der Waals surface area contributed by atoms with E-state index in [1.165, 1.54) is 24.3 Å². The first-order valence-corrected chi connectivity index (χ1v) is 44.8. The molecule has 9 heterocycles. The van der Waals surface area contributed by atoms with Gasteiger partial charge in [0, 0.05) is 136 Å². The number of benzene rings is 10. The van der Waals surface area contributed by atoms with E-state index in [1.807, 2.05) is 223 Å². The number of amides is 6. The second-order valence-corrected chi connectivity index (χ2v) is 33.8. The highest BCUT2D eigenvalue weighted by Crippen LogP contribution is 2.35. The Kier molecular flexibility index (Phi) is 30.0. The molecular formula is C100H97N31O10. The van der Waals surface area contributed by atoms with Crippen LogP contribution in [0.1, 0.15) is 181 Å². The molecule has 10 aromatic carbocycles. The Morgan fingerprint density at radius 3 is 0.794 bits per heavy atom. The minimum atomic E-state index is -0.476. The van der Waals surface area contributed by atoms with Crippen LogP contribution in [0.5, 0.6) is 0 Å². The molecule has 15 aromatic rings. The van der Waals surface area contributed by atoms with Gasteiger partial charge in [-0.25, -0.2) is 0 Å². The van der Waals surface area contributed by atoms with Crippen LogP contribution in [0.3, 0.4) is 0 Å². The lowest BCUT2D eigenvalue weighted by Gasteiger charge is -2.22. The molecule has 712 valence electrons. The Balaban J connectivity index is 0.000000134. The molecule has 0 bridgehead atoms. The molecule has 0 saturated carbocycles. The lowest BCUT2D eigenvalue weighted by molar-refractivity contribution is -0.385. The van der Waals surface area contributed by atoms with Crippen LogP contribution >= 0.6 is 0 Å². The summed E-state index contributed by atoms with van der Waals surface area (Å²) >= 11 is 0. The number of nitro groups is 2. The van der Waals surface area contributed by atoms with Crippen molar-refractivity contribution < 1.29 is 38.6 Å². The number of imide groups is 2. The van der Waals surface area contributed by atoms with E-state index in [2.05, 4.69) is 161 Å². The van der Waals surface area contributed by atoms with Crippen LogP contribution in [0.2, 0.25) is 0 Å². The molecule has 141 heavy (non-hydrogen) atoms. The van der Waals surface area contributed by atoms with Crippen molar-refractivity contribution in [3.05, 3.63) is 325 Å². The highest BCUT2D eigenvalue weighted by atomic mass is 16.6. The van der Waals surface area contributed by atoms with Crippen molar-refractivity contribution in [3.63, 3.8) is 0 Å². The van der Waals surface area contributed by atoms with Crippen molar-refractivity contribution in [3.8, 4) is 0 Å². The number of hydrogen-bond acceptors (Lipinski definition) is 35. The number of non-ortho nitro benzene ring substituents is 2. The smallest absolute Gasteiger partial charge is 0.269 e. The number of carbonyl (C=O) groups is 6. The summed E-state index contributed by atoms with van der Waals surface area (Å²) in [6.07, 6.45) is 0.794. The lowest BCUT2D eigenvalue weighted by atomic mass is 10.1. The van der Waals surface area contributed by atoms with E-state index in [0.717, 1.165) is 68.3 Å². The van der Waals surface area contributed by atoms with E-state index >= 15 is 0 Å². The van der Waals surface area contributed by atoms with Crippen LogP contribution in [-0.4, -0.2) is 134 Å². The molecule has 4 aliphatic rings. The van der Waals surface area contributed by atoms with Gasteiger partial charge < -0.3 is 63.0 Å². The van der Waals surface area contributed by atoms with E-state index in [0.29, 0.717) is 99.9 Å². The maximum Gasteiger partial charge on any atom is 0.269 e. The van der Waals surface area contributed by atoms with Crippen molar-refractivity contribution in [2.45, 2.75) is 112 Å². The quantitative estimate of drug-likeness (QED) is 0.0129. The van der Waals surface area contributed by atoms with Crippen LogP contribution in [0.15, 0.2) is 243 Å². The fourth-order valence-corrected chi connectivity index (χ4v) is 14.0. The molecule has 4 aliphatic heterocycles. The standard InChI is InChI=1S/C22H17N7O4.C22H21N7O2.C20H23N5.C18H17N7O4.C18H19N5/c1-9(2)16-25-21(23-10-3-5-12-14(7-10)19(32)27-17(12)30)29-22(26-16)24-11-4-6-13-15(8-11)20(33)28-18(13)31;1-11(2)20-27-21(23-14-5-3-12-7-18(30)25-16(12)9-14)29-22(28-20)24-15-6-4-13-8-19(31)26-17(13)10-15;1-15(2)18-21-19(24(3)16-11-7-5-8-12-16)23-20(22-18)25(4)17-13-9-6-10-14-17;1-11(2)16-21-17(19-12-3-7-14(8-4-12)24(26)27)23-18(22-16)20-13-5-9-15(10-6-13)25(28)29;1-13(2)16-21-17(19-14-9-5-3-6-10-14)23-18(22-16)20-15-11-7-4-8-12-15/h3-9H,1-2H3,(H,27,30,32)(H,28,31,33)(H2,23,24,25,26,29);3-6,9-11H,7-8H2,1-2H3,(H,25,30)(H,26,31)(H2,23,24,27,28,29);5-15H,1-4H3;3-11H,1-2H3,(H2,19,20,21,22,23);3-13H,1-2H3,(H2,19,20,21,22,23). The molecule has 41 heteroatoms. The zero-order valence-electron chi connectivity index (χ0n) is 78.5. The van der Waals surface area contributed by atoms with Crippen LogP contribution in [0.25, 0.3) is 0 Å². The fourth-order valence-electron chi connectivity index (χ4n) is 14.0. The highest BCUT2D eigenvalue weighted by molar-refractivity contribution is 6.22. The summed E-state index contributed by atoms with van der Waals surface area (Å²) in [5.41, 5.74) is 12.4. The zero-order chi connectivity index (χ0) is 99.7. The molecule has 0 radical (unpaired) electrons. The predicted molar refractivity (Wildman–Crippen MR) is 538 cm³/mol. The van der Waals surface area contributed by atoms with Gasteiger partial charge in [0.1, 0.15) is 29.1 Å². The second-order valence-electron chi connectivity index (χ2n) is 33.8. The molecule has 0 unspecified atom stereocenters. The summed E-state index contributed by atoms with van der Waals surface area (Å²) in [5, 5.41) is 56.7. The number of nitrogens with zero attached hydrogens (tertiary/aromatic N) is 19. The van der Waals surface area contributed by atoms with E-state index in [4.69, 9.17) is 4.98 Å².